The molecule has 0 N–H and O–H groups in total. The minimum Gasteiger partial charge on any atom is -0.469 e. The largest absolute Gasteiger partial charge is 0.469 e. The van der Waals surface area contributed by atoms with Gasteiger partial charge in [-0.05, 0) is 17.9 Å². The third-order valence-electron chi connectivity index (χ3n) is 2.68. The van der Waals surface area contributed by atoms with Crippen LogP contribution in [0, 0.1) is 11.3 Å². The van der Waals surface area contributed by atoms with Crippen LogP contribution in [0.4, 0.5) is 0 Å². The number of carbonyl (C=O) groups excluding carboxylic acids is 2. The highest BCUT2D eigenvalue weighted by atomic mass is 16.5. The summed E-state index contributed by atoms with van der Waals surface area (Å²) in [7, 11) is 1.38. The first kappa shape index (κ1) is 11.0. The van der Waals surface area contributed by atoms with E-state index in [0.717, 1.165) is 6.42 Å². The quantitative estimate of drug-likeness (QED) is 0.631. The van der Waals surface area contributed by atoms with Crippen LogP contribution in [0.1, 0.15) is 26.7 Å². The van der Waals surface area contributed by atoms with Gasteiger partial charge in [0.25, 0.3) is 0 Å². The summed E-state index contributed by atoms with van der Waals surface area (Å²) in [6, 6.07) is 0. The van der Waals surface area contributed by atoms with Crippen molar-refractivity contribution in [2.45, 2.75) is 26.7 Å². The predicted octanol–water partition coefficient (Wildman–Crippen LogP) is 1.72. The van der Waals surface area contributed by atoms with Gasteiger partial charge in [-0.25, -0.2) is 0 Å². The van der Waals surface area contributed by atoms with Gasteiger partial charge >= 0.3 is 5.97 Å². The highest BCUT2D eigenvalue weighted by molar-refractivity contribution is 5.92. The average molecular weight is 196 g/mol. The van der Waals surface area contributed by atoms with E-state index in [1.165, 1.54) is 7.11 Å². The molecular formula is C11H16O3. The van der Waals surface area contributed by atoms with Crippen molar-refractivity contribution in [3.8, 4) is 0 Å². The summed E-state index contributed by atoms with van der Waals surface area (Å²) in [4.78, 5) is 22.4. The molecule has 2 atom stereocenters. The standard InChI is InChI=1S/C11H16O3/c1-8-6-11(2,5-4-9(8)12)7-10(13)14-3/h4-5,8H,6-7H2,1-3H3/t8-,11+/m0/s1. The Kier molecular flexibility index (Phi) is 3.09. The predicted molar refractivity (Wildman–Crippen MR) is 52.7 cm³/mol. The number of ether oxygens (including phenoxy) is 1. The second-order valence-electron chi connectivity index (χ2n) is 4.25. The number of esters is 1. The molecule has 0 spiro atoms. The lowest BCUT2D eigenvalue weighted by molar-refractivity contribution is -0.143. The zero-order chi connectivity index (χ0) is 10.8. The fourth-order valence-electron chi connectivity index (χ4n) is 1.85. The third kappa shape index (κ3) is 2.44. The van der Waals surface area contributed by atoms with Gasteiger partial charge in [-0.2, -0.15) is 0 Å². The van der Waals surface area contributed by atoms with Gasteiger partial charge in [-0.3, -0.25) is 9.59 Å². The summed E-state index contributed by atoms with van der Waals surface area (Å²) >= 11 is 0. The summed E-state index contributed by atoms with van der Waals surface area (Å²) in [6.45, 7) is 3.87. The first-order valence-corrected chi connectivity index (χ1v) is 4.77. The van der Waals surface area contributed by atoms with E-state index in [9.17, 15) is 9.59 Å². The number of methoxy groups -OCH3 is 1. The van der Waals surface area contributed by atoms with E-state index < -0.39 is 0 Å². The Labute approximate surface area is 84.1 Å². The molecule has 1 aliphatic rings. The number of hydrogen-bond acceptors (Lipinski definition) is 3. The smallest absolute Gasteiger partial charge is 0.306 e. The van der Waals surface area contributed by atoms with Gasteiger partial charge in [0.15, 0.2) is 5.78 Å². The molecule has 1 rings (SSSR count). The molecule has 0 saturated carbocycles. The number of ketones is 1. The molecule has 0 amide bonds. The molecule has 0 radical (unpaired) electrons. The Balaban J connectivity index is 2.72. The van der Waals surface area contributed by atoms with Crippen LogP contribution in [-0.4, -0.2) is 18.9 Å². The van der Waals surface area contributed by atoms with E-state index in [1.807, 2.05) is 19.9 Å². The van der Waals surface area contributed by atoms with E-state index in [1.54, 1.807) is 6.08 Å². The summed E-state index contributed by atoms with van der Waals surface area (Å²) in [6.07, 6.45) is 4.47. The minimum atomic E-state index is -0.223. The fourth-order valence-corrected chi connectivity index (χ4v) is 1.85. The van der Waals surface area contributed by atoms with Crippen molar-refractivity contribution < 1.29 is 14.3 Å². The Morgan fingerprint density at radius 2 is 2.36 bits per heavy atom. The van der Waals surface area contributed by atoms with Gasteiger partial charge < -0.3 is 4.74 Å². The third-order valence-corrected chi connectivity index (χ3v) is 2.68. The van der Waals surface area contributed by atoms with Crippen LogP contribution < -0.4 is 0 Å². The van der Waals surface area contributed by atoms with Crippen molar-refractivity contribution in [3.05, 3.63) is 12.2 Å². The molecule has 0 aromatic rings. The Morgan fingerprint density at radius 3 is 2.86 bits per heavy atom. The molecule has 0 unspecified atom stereocenters. The highest BCUT2D eigenvalue weighted by Gasteiger charge is 2.32. The normalized spacial score (nSPS) is 31.6. The Bertz CT molecular complexity index is 280. The SMILES string of the molecule is COC(=O)C[C@]1(C)C=CC(=O)[C@@H](C)C1. The van der Waals surface area contributed by atoms with Crippen molar-refractivity contribution in [2.24, 2.45) is 11.3 Å². The molecule has 78 valence electrons. The number of hydrogen-bond donors (Lipinski definition) is 0. The van der Waals surface area contributed by atoms with Gasteiger partial charge in [-0.15, -0.1) is 0 Å². The second-order valence-corrected chi connectivity index (χ2v) is 4.25. The van der Waals surface area contributed by atoms with Gasteiger partial charge in [-0.1, -0.05) is 19.9 Å². The number of carbonyl (C=O) groups is 2. The second kappa shape index (κ2) is 3.95. The molecule has 3 heteroatoms. The molecule has 0 aromatic carbocycles. The Hall–Kier alpha value is -1.12. The summed E-state index contributed by atoms with van der Waals surface area (Å²) in [5, 5.41) is 0. The summed E-state index contributed by atoms with van der Waals surface area (Å²) in [5.41, 5.74) is -0.222. The van der Waals surface area contributed by atoms with Gasteiger partial charge in [0.1, 0.15) is 0 Å². The van der Waals surface area contributed by atoms with E-state index >= 15 is 0 Å². The lowest BCUT2D eigenvalue weighted by Crippen LogP contribution is -2.28. The van der Waals surface area contributed by atoms with Crippen molar-refractivity contribution in [3.63, 3.8) is 0 Å². The molecule has 0 bridgehead atoms. The molecule has 0 fully saturated rings. The summed E-state index contributed by atoms with van der Waals surface area (Å²) in [5.74, 6) is -0.0688. The van der Waals surface area contributed by atoms with Crippen LogP contribution in [0.15, 0.2) is 12.2 Å². The zero-order valence-electron chi connectivity index (χ0n) is 8.87. The maximum atomic E-state index is 11.2. The van der Waals surface area contributed by atoms with Crippen molar-refractivity contribution in [2.75, 3.05) is 7.11 Å². The van der Waals surface area contributed by atoms with E-state index in [4.69, 9.17) is 0 Å². The molecule has 0 aliphatic heterocycles. The monoisotopic (exact) mass is 196 g/mol. The van der Waals surface area contributed by atoms with Crippen molar-refractivity contribution >= 4 is 11.8 Å². The maximum absolute atomic E-state index is 11.2. The van der Waals surface area contributed by atoms with Gasteiger partial charge in [0.05, 0.1) is 13.5 Å². The van der Waals surface area contributed by atoms with E-state index in [0.29, 0.717) is 6.42 Å². The van der Waals surface area contributed by atoms with E-state index in [2.05, 4.69) is 4.74 Å². The van der Waals surface area contributed by atoms with Crippen molar-refractivity contribution in [1.29, 1.82) is 0 Å². The van der Waals surface area contributed by atoms with Gasteiger partial charge in [0, 0.05) is 5.92 Å². The lowest BCUT2D eigenvalue weighted by Gasteiger charge is -2.30. The van der Waals surface area contributed by atoms with Crippen LogP contribution in [0.25, 0.3) is 0 Å². The van der Waals surface area contributed by atoms with Crippen molar-refractivity contribution in [1.82, 2.24) is 0 Å². The first-order chi connectivity index (χ1) is 6.47. The van der Waals surface area contributed by atoms with Crippen LogP contribution in [0.2, 0.25) is 0 Å². The maximum Gasteiger partial charge on any atom is 0.306 e. The molecule has 1 aliphatic carbocycles. The fraction of sp³-hybridized carbons (Fsp3) is 0.636. The highest BCUT2D eigenvalue weighted by Crippen LogP contribution is 2.35. The summed E-state index contributed by atoms with van der Waals surface area (Å²) < 4.78 is 4.62. The minimum absolute atomic E-state index is 0.00894. The van der Waals surface area contributed by atoms with Crippen LogP contribution in [-0.2, 0) is 14.3 Å². The van der Waals surface area contributed by atoms with Gasteiger partial charge in [0.2, 0.25) is 0 Å². The molecular weight excluding hydrogens is 180 g/mol. The van der Waals surface area contributed by atoms with Crippen LogP contribution >= 0.6 is 0 Å². The van der Waals surface area contributed by atoms with E-state index in [-0.39, 0.29) is 23.1 Å². The molecule has 14 heavy (non-hydrogen) atoms. The molecule has 0 saturated heterocycles. The Morgan fingerprint density at radius 1 is 1.71 bits per heavy atom. The number of rotatable bonds is 2. The molecule has 0 aromatic heterocycles. The zero-order valence-corrected chi connectivity index (χ0v) is 8.87. The first-order valence-electron chi connectivity index (χ1n) is 4.77. The average Bonchev–Trinajstić information content (AvgIpc) is 2.12. The number of allylic oxidation sites excluding steroid dienone is 2. The van der Waals surface area contributed by atoms with Crippen LogP contribution in [0.3, 0.4) is 0 Å². The van der Waals surface area contributed by atoms with Crippen LogP contribution in [0.5, 0.6) is 0 Å². The molecule has 3 nitrogen and oxygen atoms in total. The lowest BCUT2D eigenvalue weighted by atomic mass is 9.73. The molecule has 0 heterocycles. The topological polar surface area (TPSA) is 43.4 Å².